The SMILES string of the molecule is NCC1Cc2ccccc2N(C(=O)CCc2c[nH]c3ccccc23)C1. The summed E-state index contributed by atoms with van der Waals surface area (Å²) < 4.78 is 0. The lowest BCUT2D eigenvalue weighted by molar-refractivity contribution is -0.118. The average Bonchev–Trinajstić information content (AvgIpc) is 3.08. The Labute approximate surface area is 147 Å². The molecular weight excluding hydrogens is 310 g/mol. The third-order valence-electron chi connectivity index (χ3n) is 5.15. The van der Waals surface area contributed by atoms with E-state index >= 15 is 0 Å². The zero-order chi connectivity index (χ0) is 17.2. The monoisotopic (exact) mass is 333 g/mol. The first-order valence-corrected chi connectivity index (χ1v) is 8.89. The number of nitrogens with zero attached hydrogens (tertiary/aromatic N) is 1. The maximum Gasteiger partial charge on any atom is 0.227 e. The highest BCUT2D eigenvalue weighted by Gasteiger charge is 2.27. The van der Waals surface area contributed by atoms with Crippen molar-refractivity contribution in [3.63, 3.8) is 0 Å². The lowest BCUT2D eigenvalue weighted by Gasteiger charge is -2.34. The van der Waals surface area contributed by atoms with Gasteiger partial charge in [0, 0.05) is 35.8 Å². The molecule has 1 aliphatic rings. The zero-order valence-corrected chi connectivity index (χ0v) is 14.2. The van der Waals surface area contributed by atoms with E-state index in [9.17, 15) is 4.79 Å². The third kappa shape index (κ3) is 3.05. The number of hydrogen-bond donors (Lipinski definition) is 2. The van der Waals surface area contributed by atoms with E-state index in [2.05, 4.69) is 23.2 Å². The fourth-order valence-electron chi connectivity index (χ4n) is 3.79. The Morgan fingerprint density at radius 1 is 1.16 bits per heavy atom. The van der Waals surface area contributed by atoms with Gasteiger partial charge >= 0.3 is 0 Å². The number of nitrogens with two attached hydrogens (primary N) is 1. The number of aromatic nitrogens is 1. The van der Waals surface area contributed by atoms with Gasteiger partial charge < -0.3 is 15.6 Å². The molecule has 1 amide bonds. The Balaban J connectivity index is 1.53. The fourth-order valence-corrected chi connectivity index (χ4v) is 3.79. The van der Waals surface area contributed by atoms with E-state index in [1.807, 2.05) is 41.4 Å². The molecule has 0 saturated carbocycles. The summed E-state index contributed by atoms with van der Waals surface area (Å²) in [5.41, 5.74) is 10.5. The molecule has 2 heterocycles. The number of nitrogens with one attached hydrogen (secondary N) is 1. The highest BCUT2D eigenvalue weighted by Crippen LogP contribution is 2.30. The summed E-state index contributed by atoms with van der Waals surface area (Å²) in [5, 5.41) is 1.20. The van der Waals surface area contributed by atoms with Gasteiger partial charge in [0.15, 0.2) is 0 Å². The highest BCUT2D eigenvalue weighted by molar-refractivity contribution is 5.95. The summed E-state index contributed by atoms with van der Waals surface area (Å²) in [5.74, 6) is 0.516. The van der Waals surface area contributed by atoms with Gasteiger partial charge in [0.1, 0.15) is 0 Å². The quantitative estimate of drug-likeness (QED) is 0.770. The molecule has 0 saturated heterocycles. The largest absolute Gasteiger partial charge is 0.361 e. The predicted octanol–water partition coefficient (Wildman–Crippen LogP) is 3.26. The molecule has 0 spiro atoms. The van der Waals surface area contributed by atoms with Crippen LogP contribution in [0.3, 0.4) is 0 Å². The van der Waals surface area contributed by atoms with E-state index in [-0.39, 0.29) is 5.91 Å². The minimum Gasteiger partial charge on any atom is -0.361 e. The minimum absolute atomic E-state index is 0.177. The van der Waals surface area contributed by atoms with Gasteiger partial charge in [0.2, 0.25) is 5.91 Å². The normalized spacial score (nSPS) is 16.8. The molecule has 3 N–H and O–H groups in total. The molecule has 4 rings (SSSR count). The van der Waals surface area contributed by atoms with Crippen molar-refractivity contribution in [3.8, 4) is 0 Å². The van der Waals surface area contributed by atoms with Crippen molar-refractivity contribution < 1.29 is 4.79 Å². The van der Waals surface area contributed by atoms with E-state index in [0.29, 0.717) is 18.9 Å². The number of rotatable bonds is 4. The molecular formula is C21H23N3O. The first-order chi connectivity index (χ1) is 12.3. The lowest BCUT2D eigenvalue weighted by Crippen LogP contribution is -2.42. The number of H-pyrrole nitrogens is 1. The van der Waals surface area contributed by atoms with Crippen LogP contribution in [0.1, 0.15) is 17.5 Å². The number of fused-ring (bicyclic) bond motifs is 2. The second-order valence-electron chi connectivity index (χ2n) is 6.80. The van der Waals surface area contributed by atoms with Gasteiger partial charge in [-0.3, -0.25) is 4.79 Å². The van der Waals surface area contributed by atoms with Crippen molar-refractivity contribution in [2.75, 3.05) is 18.0 Å². The Morgan fingerprint density at radius 3 is 2.84 bits per heavy atom. The van der Waals surface area contributed by atoms with Crippen molar-refractivity contribution in [2.45, 2.75) is 19.3 Å². The van der Waals surface area contributed by atoms with Crippen molar-refractivity contribution in [3.05, 3.63) is 65.9 Å². The molecule has 1 aliphatic heterocycles. The topological polar surface area (TPSA) is 62.1 Å². The van der Waals surface area contributed by atoms with Crippen LogP contribution in [0.25, 0.3) is 10.9 Å². The Hall–Kier alpha value is -2.59. The van der Waals surface area contributed by atoms with Crippen molar-refractivity contribution in [1.82, 2.24) is 4.98 Å². The Morgan fingerprint density at radius 2 is 1.96 bits per heavy atom. The predicted molar refractivity (Wildman–Crippen MR) is 102 cm³/mol. The van der Waals surface area contributed by atoms with Crippen LogP contribution in [-0.4, -0.2) is 24.0 Å². The highest BCUT2D eigenvalue weighted by atomic mass is 16.2. The van der Waals surface area contributed by atoms with E-state index in [4.69, 9.17) is 5.73 Å². The number of anilines is 1. The van der Waals surface area contributed by atoms with Gasteiger partial charge in [-0.05, 0) is 48.6 Å². The molecule has 1 unspecified atom stereocenters. The van der Waals surface area contributed by atoms with Crippen LogP contribution in [0.15, 0.2) is 54.7 Å². The molecule has 1 aromatic heterocycles. The standard InChI is InChI=1S/C21H23N3O/c22-12-15-11-16-5-1-4-8-20(16)24(14-15)21(25)10-9-17-13-23-19-7-3-2-6-18(17)19/h1-8,13,15,23H,9-12,14,22H2. The van der Waals surface area contributed by atoms with Crippen LogP contribution in [0.2, 0.25) is 0 Å². The molecule has 1 atom stereocenters. The number of para-hydroxylation sites is 2. The molecule has 0 bridgehead atoms. The van der Waals surface area contributed by atoms with Gasteiger partial charge in [0.25, 0.3) is 0 Å². The average molecular weight is 333 g/mol. The summed E-state index contributed by atoms with van der Waals surface area (Å²) >= 11 is 0. The smallest absolute Gasteiger partial charge is 0.227 e. The Kier molecular flexibility index (Phi) is 4.28. The number of amides is 1. The number of aromatic amines is 1. The third-order valence-corrected chi connectivity index (χ3v) is 5.15. The first-order valence-electron chi connectivity index (χ1n) is 8.89. The number of hydrogen-bond acceptors (Lipinski definition) is 2. The maximum absolute atomic E-state index is 12.9. The molecule has 0 fully saturated rings. The minimum atomic E-state index is 0.177. The van der Waals surface area contributed by atoms with E-state index < -0.39 is 0 Å². The summed E-state index contributed by atoms with van der Waals surface area (Å²) in [7, 11) is 0. The van der Waals surface area contributed by atoms with E-state index in [1.54, 1.807) is 0 Å². The van der Waals surface area contributed by atoms with Gasteiger partial charge in [0.05, 0.1) is 0 Å². The van der Waals surface area contributed by atoms with Gasteiger partial charge in [-0.15, -0.1) is 0 Å². The molecule has 2 aromatic carbocycles. The van der Waals surface area contributed by atoms with Crippen molar-refractivity contribution in [2.24, 2.45) is 11.7 Å². The number of carbonyl (C=O) groups excluding carboxylic acids is 1. The molecule has 4 heteroatoms. The van der Waals surface area contributed by atoms with E-state index in [1.165, 1.54) is 16.5 Å². The van der Waals surface area contributed by atoms with Crippen molar-refractivity contribution >= 4 is 22.5 Å². The molecule has 4 nitrogen and oxygen atoms in total. The summed E-state index contributed by atoms with van der Waals surface area (Å²) in [4.78, 5) is 18.1. The van der Waals surface area contributed by atoms with Crippen molar-refractivity contribution in [1.29, 1.82) is 0 Å². The van der Waals surface area contributed by atoms with Gasteiger partial charge in [-0.2, -0.15) is 0 Å². The number of benzene rings is 2. The molecule has 0 aliphatic carbocycles. The van der Waals surface area contributed by atoms with Gasteiger partial charge in [-0.1, -0.05) is 36.4 Å². The van der Waals surface area contributed by atoms with Gasteiger partial charge in [-0.25, -0.2) is 0 Å². The second kappa shape index (κ2) is 6.73. The number of aryl methyl sites for hydroxylation is 1. The van der Waals surface area contributed by atoms with Crippen LogP contribution in [-0.2, 0) is 17.6 Å². The first kappa shape index (κ1) is 15.9. The maximum atomic E-state index is 12.9. The van der Waals surface area contributed by atoms with Crippen LogP contribution < -0.4 is 10.6 Å². The second-order valence-corrected chi connectivity index (χ2v) is 6.80. The molecule has 0 radical (unpaired) electrons. The van der Waals surface area contributed by atoms with Crippen LogP contribution in [0.5, 0.6) is 0 Å². The zero-order valence-electron chi connectivity index (χ0n) is 14.2. The summed E-state index contributed by atoms with van der Waals surface area (Å²) in [6, 6.07) is 16.4. The summed E-state index contributed by atoms with van der Waals surface area (Å²) in [6.07, 6.45) is 4.23. The number of carbonyl (C=O) groups is 1. The molecule has 3 aromatic rings. The molecule has 25 heavy (non-hydrogen) atoms. The lowest BCUT2D eigenvalue weighted by atomic mass is 9.92. The van der Waals surface area contributed by atoms with E-state index in [0.717, 1.165) is 30.6 Å². The van der Waals surface area contributed by atoms with Crippen LogP contribution in [0, 0.1) is 5.92 Å². The molecule has 128 valence electrons. The van der Waals surface area contributed by atoms with Crippen LogP contribution in [0.4, 0.5) is 5.69 Å². The Bertz CT molecular complexity index is 899. The van der Waals surface area contributed by atoms with Crippen LogP contribution >= 0.6 is 0 Å². The fraction of sp³-hybridized carbons (Fsp3) is 0.286. The summed E-state index contributed by atoms with van der Waals surface area (Å²) in [6.45, 7) is 1.33.